The fourth-order valence-corrected chi connectivity index (χ4v) is 8.70. The minimum Gasteiger partial charge on any atom is -0.395 e. The number of aliphatic hydroxyl groups is 1. The summed E-state index contributed by atoms with van der Waals surface area (Å²) in [7, 11) is 0. The van der Waals surface area contributed by atoms with Crippen LogP contribution in [0, 0.1) is 11.8 Å². The van der Waals surface area contributed by atoms with Gasteiger partial charge in [0.25, 0.3) is 0 Å². The van der Waals surface area contributed by atoms with Gasteiger partial charge < -0.3 is 20.6 Å². The maximum absolute atomic E-state index is 13.8. The standard InChI is InChI=1S/C29H29N3O4S/c33-15-14-32-25(27(35)31-21-11-10-19-8-4-5-9-20(19)16-21)29-13-12-22(37-29)23(24(29)28(32)36)26(34)30-17-18-6-2-1-3-7-18/h1-11,16,22-25,33H,12-15,17H2,(H,30,34)(H,31,35)/t22-,23+,24+,25?,29?/m1/s1. The number of thioether (sulfide) groups is 1. The summed E-state index contributed by atoms with van der Waals surface area (Å²) < 4.78 is -0.674. The molecule has 3 heterocycles. The summed E-state index contributed by atoms with van der Waals surface area (Å²) in [5, 5.41) is 17.9. The van der Waals surface area contributed by atoms with E-state index in [4.69, 9.17) is 0 Å². The van der Waals surface area contributed by atoms with Gasteiger partial charge in [-0.1, -0.05) is 60.7 Å². The zero-order chi connectivity index (χ0) is 25.6. The van der Waals surface area contributed by atoms with Crippen LogP contribution in [0.3, 0.4) is 0 Å². The number of likely N-dealkylation sites (tertiary alicyclic amines) is 1. The molecule has 0 radical (unpaired) electrons. The summed E-state index contributed by atoms with van der Waals surface area (Å²) in [5.74, 6) is -1.68. The lowest BCUT2D eigenvalue weighted by molar-refractivity contribution is -0.139. The average molecular weight is 516 g/mol. The number of nitrogens with zero attached hydrogens (tertiary/aromatic N) is 1. The Balaban J connectivity index is 1.27. The van der Waals surface area contributed by atoms with Crippen molar-refractivity contribution in [1.82, 2.24) is 10.2 Å². The monoisotopic (exact) mass is 515 g/mol. The molecule has 3 aliphatic heterocycles. The molecule has 6 rings (SSSR count). The molecule has 2 bridgehead atoms. The van der Waals surface area contributed by atoms with E-state index < -0.39 is 22.6 Å². The summed E-state index contributed by atoms with van der Waals surface area (Å²) in [4.78, 5) is 42.4. The number of fused-ring (bicyclic) bond motifs is 2. The van der Waals surface area contributed by atoms with Gasteiger partial charge in [-0.05, 0) is 41.3 Å². The minimum absolute atomic E-state index is 0.00281. The SMILES string of the molecule is O=C(Nc1ccc2ccccc2c1)C1N(CCO)C(=O)[C@@H]2[C@@H](C(=O)NCc3ccccc3)[C@H]3CCC12S3. The van der Waals surface area contributed by atoms with E-state index in [1.165, 1.54) is 4.90 Å². The van der Waals surface area contributed by atoms with E-state index in [-0.39, 0.29) is 36.1 Å². The van der Waals surface area contributed by atoms with Crippen molar-refractivity contribution in [2.45, 2.75) is 35.4 Å². The van der Waals surface area contributed by atoms with E-state index >= 15 is 0 Å². The average Bonchev–Trinajstić information content (AvgIpc) is 3.55. The van der Waals surface area contributed by atoms with Crippen molar-refractivity contribution < 1.29 is 19.5 Å². The first-order valence-corrected chi connectivity index (χ1v) is 13.6. The smallest absolute Gasteiger partial charge is 0.248 e. The molecule has 0 aliphatic carbocycles. The van der Waals surface area contributed by atoms with Crippen LogP contribution in [0.15, 0.2) is 72.8 Å². The van der Waals surface area contributed by atoms with Crippen molar-refractivity contribution in [2.24, 2.45) is 11.8 Å². The number of carbonyl (C=O) groups is 3. The number of hydrogen-bond donors (Lipinski definition) is 3. The molecule has 3 saturated heterocycles. The Morgan fingerprint density at radius 2 is 1.76 bits per heavy atom. The second kappa shape index (κ2) is 9.50. The van der Waals surface area contributed by atoms with E-state index in [1.807, 2.05) is 72.8 Å². The largest absolute Gasteiger partial charge is 0.395 e. The van der Waals surface area contributed by atoms with Gasteiger partial charge in [0, 0.05) is 24.0 Å². The number of aliphatic hydroxyl groups excluding tert-OH is 1. The molecule has 3 N–H and O–H groups in total. The normalized spacial score (nSPS) is 27.9. The summed E-state index contributed by atoms with van der Waals surface area (Å²) >= 11 is 1.62. The molecule has 3 amide bonds. The molecule has 5 atom stereocenters. The van der Waals surface area contributed by atoms with E-state index in [2.05, 4.69) is 10.6 Å². The highest BCUT2D eigenvalue weighted by Crippen LogP contribution is 2.66. The Bertz CT molecular complexity index is 1370. The van der Waals surface area contributed by atoms with Crippen molar-refractivity contribution in [3.8, 4) is 0 Å². The number of benzene rings is 3. The zero-order valence-corrected chi connectivity index (χ0v) is 21.1. The van der Waals surface area contributed by atoms with Crippen LogP contribution in [0.2, 0.25) is 0 Å². The molecular formula is C29H29N3O4S. The Morgan fingerprint density at radius 1 is 1.00 bits per heavy atom. The van der Waals surface area contributed by atoms with E-state index in [1.54, 1.807) is 11.8 Å². The lowest BCUT2D eigenvalue weighted by atomic mass is 9.70. The molecule has 3 aromatic carbocycles. The van der Waals surface area contributed by atoms with Gasteiger partial charge in [0.2, 0.25) is 17.7 Å². The van der Waals surface area contributed by atoms with Gasteiger partial charge in [0.05, 0.1) is 23.2 Å². The Morgan fingerprint density at radius 3 is 2.54 bits per heavy atom. The minimum atomic E-state index is -0.745. The first-order chi connectivity index (χ1) is 18.0. The molecule has 3 aliphatic rings. The number of amides is 3. The van der Waals surface area contributed by atoms with E-state index in [0.29, 0.717) is 18.7 Å². The number of rotatable bonds is 7. The fraction of sp³-hybridized carbons (Fsp3) is 0.345. The maximum Gasteiger partial charge on any atom is 0.248 e. The predicted molar refractivity (Wildman–Crippen MR) is 144 cm³/mol. The quantitative estimate of drug-likeness (QED) is 0.449. The van der Waals surface area contributed by atoms with Crippen LogP contribution >= 0.6 is 11.8 Å². The maximum atomic E-state index is 13.8. The van der Waals surface area contributed by atoms with Gasteiger partial charge in [0.15, 0.2) is 0 Å². The van der Waals surface area contributed by atoms with Crippen molar-refractivity contribution in [3.05, 3.63) is 78.4 Å². The van der Waals surface area contributed by atoms with Gasteiger partial charge in [0.1, 0.15) is 6.04 Å². The lowest BCUT2D eigenvalue weighted by Gasteiger charge is -2.34. The first-order valence-electron chi connectivity index (χ1n) is 12.7. The molecule has 2 unspecified atom stereocenters. The van der Waals surface area contributed by atoms with Gasteiger partial charge in [-0.2, -0.15) is 0 Å². The van der Waals surface area contributed by atoms with Gasteiger partial charge in [-0.25, -0.2) is 0 Å². The topological polar surface area (TPSA) is 98.7 Å². The molecular weight excluding hydrogens is 486 g/mol. The number of β-amino-alcohol motifs (C(OH)–C–C–N with tert-alkyl or cyclic N) is 1. The van der Waals surface area contributed by atoms with Crippen LogP contribution in [0.5, 0.6) is 0 Å². The molecule has 7 nitrogen and oxygen atoms in total. The Kier molecular flexibility index (Phi) is 6.16. The summed E-state index contributed by atoms with van der Waals surface area (Å²) in [6.07, 6.45) is 1.48. The Labute approximate surface area is 219 Å². The van der Waals surface area contributed by atoms with E-state index in [9.17, 15) is 19.5 Å². The third-order valence-electron chi connectivity index (χ3n) is 8.02. The second-order valence-electron chi connectivity index (χ2n) is 10.1. The molecule has 8 heteroatoms. The van der Waals surface area contributed by atoms with Crippen LogP contribution < -0.4 is 10.6 Å². The lowest BCUT2D eigenvalue weighted by Crippen LogP contribution is -2.52. The highest BCUT2D eigenvalue weighted by Gasteiger charge is 2.73. The molecule has 3 fully saturated rings. The van der Waals surface area contributed by atoms with Gasteiger partial charge >= 0.3 is 0 Å². The van der Waals surface area contributed by atoms with Crippen molar-refractivity contribution >= 4 is 45.9 Å². The molecule has 3 aromatic rings. The third kappa shape index (κ3) is 3.99. The van der Waals surface area contributed by atoms with Crippen molar-refractivity contribution in [1.29, 1.82) is 0 Å². The molecule has 37 heavy (non-hydrogen) atoms. The predicted octanol–water partition coefficient (Wildman–Crippen LogP) is 3.18. The summed E-state index contributed by atoms with van der Waals surface area (Å²) in [6.45, 7) is 0.220. The number of nitrogens with one attached hydrogen (secondary N) is 2. The first kappa shape index (κ1) is 24.0. The molecule has 0 aromatic heterocycles. The number of anilines is 1. The summed E-state index contributed by atoms with van der Waals surface area (Å²) in [6, 6.07) is 22.6. The van der Waals surface area contributed by atoms with Crippen molar-refractivity contribution in [2.75, 3.05) is 18.5 Å². The van der Waals surface area contributed by atoms with Crippen LogP contribution in [0.4, 0.5) is 5.69 Å². The van der Waals surface area contributed by atoms with Crippen LogP contribution in [-0.2, 0) is 20.9 Å². The number of hydrogen-bond acceptors (Lipinski definition) is 5. The molecule has 190 valence electrons. The Hall–Kier alpha value is -3.36. The second-order valence-corrected chi connectivity index (χ2v) is 11.7. The van der Waals surface area contributed by atoms with E-state index in [0.717, 1.165) is 22.8 Å². The highest BCUT2D eigenvalue weighted by molar-refractivity contribution is 8.02. The van der Waals surface area contributed by atoms with Crippen LogP contribution in [-0.4, -0.2) is 56.9 Å². The van der Waals surface area contributed by atoms with Gasteiger partial charge in [-0.15, -0.1) is 11.8 Å². The third-order valence-corrected chi connectivity index (χ3v) is 9.97. The molecule has 0 saturated carbocycles. The van der Waals surface area contributed by atoms with Crippen molar-refractivity contribution in [3.63, 3.8) is 0 Å². The summed E-state index contributed by atoms with van der Waals surface area (Å²) in [5.41, 5.74) is 1.66. The molecule has 1 spiro atoms. The fourth-order valence-electron chi connectivity index (χ4n) is 6.48. The zero-order valence-electron chi connectivity index (χ0n) is 20.3. The van der Waals surface area contributed by atoms with Crippen LogP contribution in [0.25, 0.3) is 10.8 Å². The van der Waals surface area contributed by atoms with Crippen LogP contribution in [0.1, 0.15) is 18.4 Å². The number of carbonyl (C=O) groups excluding carboxylic acids is 3. The highest BCUT2D eigenvalue weighted by atomic mass is 32.2. The van der Waals surface area contributed by atoms with Gasteiger partial charge in [-0.3, -0.25) is 14.4 Å².